The first-order valence-corrected chi connectivity index (χ1v) is 6.21. The lowest BCUT2D eigenvalue weighted by atomic mass is 10.2. The highest BCUT2D eigenvalue weighted by atomic mass is 16.5. The average molecular weight is 256 g/mol. The van der Waals surface area contributed by atoms with Crippen LogP contribution in [0.5, 0.6) is 0 Å². The number of hydrogen-bond acceptors (Lipinski definition) is 3. The molecule has 0 N–H and O–H groups in total. The third kappa shape index (κ3) is 2.73. The lowest BCUT2D eigenvalue weighted by Gasteiger charge is -2.05. The van der Waals surface area contributed by atoms with Crippen LogP contribution in [0.1, 0.15) is 29.9 Å². The van der Waals surface area contributed by atoms with E-state index in [0.29, 0.717) is 12.2 Å². The van der Waals surface area contributed by atoms with Gasteiger partial charge in [-0.05, 0) is 32.1 Å². The van der Waals surface area contributed by atoms with Crippen LogP contribution in [0.3, 0.4) is 0 Å². The maximum Gasteiger partial charge on any atom is 0.341 e. The highest BCUT2D eigenvalue weighted by Crippen LogP contribution is 2.17. The van der Waals surface area contributed by atoms with Crippen molar-refractivity contribution in [1.29, 1.82) is 0 Å². The minimum atomic E-state index is -0.349. The van der Waals surface area contributed by atoms with E-state index in [2.05, 4.69) is 5.10 Å². The van der Waals surface area contributed by atoms with Crippen molar-refractivity contribution in [3.63, 3.8) is 0 Å². The van der Waals surface area contributed by atoms with Crippen LogP contribution in [0.15, 0.2) is 42.6 Å². The predicted molar refractivity (Wildman–Crippen MR) is 74.2 cm³/mol. The van der Waals surface area contributed by atoms with E-state index in [9.17, 15) is 4.79 Å². The standard InChI is InChI=1S/C15H16N2O2/c1-3-8-14-13(15(18)19-4-2)11-16-17(14)12-9-6-5-7-10-12/h3,5-11H,4H2,1-2H3/b8-3+. The van der Waals surface area contributed by atoms with Gasteiger partial charge in [-0.15, -0.1) is 0 Å². The molecule has 0 radical (unpaired) electrons. The Morgan fingerprint density at radius 3 is 2.74 bits per heavy atom. The summed E-state index contributed by atoms with van der Waals surface area (Å²) in [6.07, 6.45) is 5.27. The molecule has 0 spiro atoms. The van der Waals surface area contributed by atoms with Gasteiger partial charge in [0.1, 0.15) is 5.56 Å². The zero-order valence-corrected chi connectivity index (χ0v) is 11.0. The van der Waals surface area contributed by atoms with E-state index in [1.165, 1.54) is 0 Å². The molecule has 0 saturated carbocycles. The Balaban J connectivity index is 2.49. The van der Waals surface area contributed by atoms with Crippen molar-refractivity contribution in [3.05, 3.63) is 53.9 Å². The van der Waals surface area contributed by atoms with Gasteiger partial charge in [-0.2, -0.15) is 5.10 Å². The number of carbonyl (C=O) groups excluding carboxylic acids is 1. The minimum Gasteiger partial charge on any atom is -0.462 e. The average Bonchev–Trinajstić information content (AvgIpc) is 2.84. The molecule has 0 bridgehead atoms. The first kappa shape index (κ1) is 13.1. The van der Waals surface area contributed by atoms with Crippen LogP contribution in [0.25, 0.3) is 11.8 Å². The topological polar surface area (TPSA) is 44.1 Å². The molecule has 2 aromatic rings. The Bertz CT molecular complexity index is 585. The second-order valence-corrected chi connectivity index (χ2v) is 3.91. The van der Waals surface area contributed by atoms with Crippen molar-refractivity contribution in [3.8, 4) is 5.69 Å². The number of esters is 1. The highest BCUT2D eigenvalue weighted by molar-refractivity contribution is 5.93. The van der Waals surface area contributed by atoms with Crippen LogP contribution in [0.2, 0.25) is 0 Å². The molecule has 1 heterocycles. The molecule has 0 aliphatic heterocycles. The number of carbonyl (C=O) groups is 1. The SMILES string of the molecule is C/C=C/c1c(C(=O)OCC)cnn1-c1ccccc1. The number of allylic oxidation sites excluding steroid dienone is 1. The van der Waals surface area contributed by atoms with Gasteiger partial charge < -0.3 is 4.74 Å². The van der Waals surface area contributed by atoms with Gasteiger partial charge in [-0.3, -0.25) is 0 Å². The Kier molecular flexibility index (Phi) is 4.13. The second kappa shape index (κ2) is 6.00. The lowest BCUT2D eigenvalue weighted by molar-refractivity contribution is 0.0526. The predicted octanol–water partition coefficient (Wildman–Crippen LogP) is 3.08. The molecule has 0 unspecified atom stereocenters. The molecule has 19 heavy (non-hydrogen) atoms. The van der Waals surface area contributed by atoms with Gasteiger partial charge in [0.15, 0.2) is 0 Å². The molecule has 1 aromatic carbocycles. The number of benzene rings is 1. The second-order valence-electron chi connectivity index (χ2n) is 3.91. The number of aromatic nitrogens is 2. The molecule has 0 aliphatic carbocycles. The number of nitrogens with zero attached hydrogens (tertiary/aromatic N) is 2. The fourth-order valence-electron chi connectivity index (χ4n) is 1.82. The van der Waals surface area contributed by atoms with Crippen LogP contribution >= 0.6 is 0 Å². The van der Waals surface area contributed by atoms with E-state index in [0.717, 1.165) is 11.4 Å². The zero-order chi connectivity index (χ0) is 13.7. The zero-order valence-electron chi connectivity index (χ0n) is 11.0. The van der Waals surface area contributed by atoms with Crippen LogP contribution < -0.4 is 0 Å². The molecule has 4 nitrogen and oxygen atoms in total. The van der Waals surface area contributed by atoms with Crippen LogP contribution in [0, 0.1) is 0 Å². The molecule has 0 fully saturated rings. The Labute approximate surface area is 112 Å². The van der Waals surface area contributed by atoms with Gasteiger partial charge in [0.05, 0.1) is 24.2 Å². The number of ether oxygens (including phenoxy) is 1. The summed E-state index contributed by atoms with van der Waals surface area (Å²) in [5.74, 6) is -0.349. The quantitative estimate of drug-likeness (QED) is 0.790. The summed E-state index contributed by atoms with van der Waals surface area (Å²) < 4.78 is 6.77. The van der Waals surface area contributed by atoms with Crippen molar-refractivity contribution >= 4 is 12.0 Å². The van der Waals surface area contributed by atoms with E-state index >= 15 is 0 Å². The monoisotopic (exact) mass is 256 g/mol. The first-order chi connectivity index (χ1) is 9.27. The van der Waals surface area contributed by atoms with Gasteiger partial charge >= 0.3 is 5.97 Å². The summed E-state index contributed by atoms with van der Waals surface area (Å²) in [7, 11) is 0. The molecule has 2 rings (SSSR count). The van der Waals surface area contributed by atoms with Gasteiger partial charge in [0, 0.05) is 0 Å². The highest BCUT2D eigenvalue weighted by Gasteiger charge is 2.17. The summed E-state index contributed by atoms with van der Waals surface area (Å²) in [4.78, 5) is 11.9. The summed E-state index contributed by atoms with van der Waals surface area (Å²) in [6.45, 7) is 4.04. The molecule has 98 valence electrons. The third-order valence-corrected chi connectivity index (χ3v) is 2.63. The van der Waals surface area contributed by atoms with Crippen molar-refractivity contribution in [2.24, 2.45) is 0 Å². The van der Waals surface area contributed by atoms with Crippen molar-refractivity contribution in [2.45, 2.75) is 13.8 Å². The normalized spacial score (nSPS) is 10.8. The molecular formula is C15H16N2O2. The largest absolute Gasteiger partial charge is 0.462 e. The van der Waals surface area contributed by atoms with Crippen LogP contribution in [-0.2, 0) is 4.74 Å². The molecule has 0 aliphatic rings. The maximum atomic E-state index is 11.9. The van der Waals surface area contributed by atoms with E-state index in [4.69, 9.17) is 4.74 Å². The van der Waals surface area contributed by atoms with E-state index < -0.39 is 0 Å². The molecular weight excluding hydrogens is 240 g/mol. The Hall–Kier alpha value is -2.36. The van der Waals surface area contributed by atoms with Crippen LogP contribution in [-0.4, -0.2) is 22.4 Å². The minimum absolute atomic E-state index is 0.349. The summed E-state index contributed by atoms with van der Waals surface area (Å²) >= 11 is 0. The van der Waals surface area contributed by atoms with Crippen molar-refractivity contribution < 1.29 is 9.53 Å². The Morgan fingerprint density at radius 2 is 2.11 bits per heavy atom. The van der Waals surface area contributed by atoms with Crippen molar-refractivity contribution in [2.75, 3.05) is 6.61 Å². The summed E-state index contributed by atoms with van der Waals surface area (Å²) in [6, 6.07) is 9.68. The van der Waals surface area contributed by atoms with Crippen LogP contribution in [0.4, 0.5) is 0 Å². The summed E-state index contributed by atoms with van der Waals surface area (Å²) in [5.41, 5.74) is 2.11. The van der Waals surface area contributed by atoms with Gasteiger partial charge in [-0.1, -0.05) is 24.3 Å². The molecule has 0 amide bonds. The number of hydrogen-bond donors (Lipinski definition) is 0. The van der Waals surface area contributed by atoms with E-state index in [-0.39, 0.29) is 5.97 Å². The first-order valence-electron chi connectivity index (χ1n) is 6.21. The van der Waals surface area contributed by atoms with E-state index in [1.54, 1.807) is 17.8 Å². The molecule has 0 saturated heterocycles. The Morgan fingerprint density at radius 1 is 1.37 bits per heavy atom. The lowest BCUT2D eigenvalue weighted by Crippen LogP contribution is -2.07. The van der Waals surface area contributed by atoms with Gasteiger partial charge in [-0.25, -0.2) is 9.48 Å². The summed E-state index contributed by atoms with van der Waals surface area (Å²) in [5, 5.41) is 4.27. The van der Waals surface area contributed by atoms with Gasteiger partial charge in [0.25, 0.3) is 0 Å². The molecule has 0 atom stereocenters. The van der Waals surface area contributed by atoms with E-state index in [1.807, 2.05) is 49.4 Å². The maximum absolute atomic E-state index is 11.9. The number of rotatable bonds is 4. The fourth-order valence-corrected chi connectivity index (χ4v) is 1.82. The smallest absolute Gasteiger partial charge is 0.341 e. The molecule has 1 aromatic heterocycles. The number of para-hydroxylation sites is 1. The van der Waals surface area contributed by atoms with Gasteiger partial charge in [0.2, 0.25) is 0 Å². The molecule has 4 heteroatoms. The fraction of sp³-hybridized carbons (Fsp3) is 0.200. The third-order valence-electron chi connectivity index (χ3n) is 2.63. The van der Waals surface area contributed by atoms with Crippen molar-refractivity contribution in [1.82, 2.24) is 9.78 Å².